The molecular weight excluding hydrogens is 188 g/mol. The summed E-state index contributed by atoms with van der Waals surface area (Å²) in [7, 11) is 0. The van der Waals surface area contributed by atoms with Crippen LogP contribution in [0.3, 0.4) is 0 Å². The van der Waals surface area contributed by atoms with Crippen LogP contribution in [0.25, 0.3) is 0 Å². The van der Waals surface area contributed by atoms with Crippen molar-refractivity contribution in [2.75, 3.05) is 0 Å². The molecule has 2 heterocycles. The molecule has 0 radical (unpaired) electrons. The average Bonchev–Trinajstić information content (AvgIpc) is 3.00. The third-order valence-corrected chi connectivity index (χ3v) is 4.13. The minimum Gasteiger partial charge on any atom is -0.364 e. The van der Waals surface area contributed by atoms with Gasteiger partial charge in [-0.3, -0.25) is 0 Å². The van der Waals surface area contributed by atoms with E-state index in [1.165, 1.54) is 31.3 Å². The molecule has 0 spiro atoms. The molecule has 1 saturated carbocycles. The van der Waals surface area contributed by atoms with Gasteiger partial charge in [0, 0.05) is 0 Å². The third-order valence-electron chi connectivity index (χ3n) is 4.13. The maximum atomic E-state index is 5.73. The molecule has 15 heavy (non-hydrogen) atoms. The summed E-state index contributed by atoms with van der Waals surface area (Å²) in [6.45, 7) is 8.49. The molecule has 3 rings (SSSR count). The van der Waals surface area contributed by atoms with Crippen molar-refractivity contribution < 1.29 is 9.47 Å². The van der Waals surface area contributed by atoms with Gasteiger partial charge in [-0.15, -0.1) is 0 Å². The first-order chi connectivity index (χ1) is 7.09. The molecule has 2 saturated heterocycles. The van der Waals surface area contributed by atoms with E-state index in [0.29, 0.717) is 18.3 Å². The van der Waals surface area contributed by atoms with Crippen LogP contribution in [0.15, 0.2) is 12.2 Å². The summed E-state index contributed by atoms with van der Waals surface area (Å²) in [5.41, 5.74) is 1.39. The van der Waals surface area contributed by atoms with Gasteiger partial charge in [-0.05, 0) is 38.2 Å². The van der Waals surface area contributed by atoms with Crippen LogP contribution in [-0.4, -0.2) is 23.9 Å². The van der Waals surface area contributed by atoms with Crippen molar-refractivity contribution >= 4 is 0 Å². The highest BCUT2D eigenvalue weighted by Gasteiger charge is 2.62. The van der Waals surface area contributed by atoms with E-state index in [1.807, 2.05) is 0 Å². The van der Waals surface area contributed by atoms with Crippen molar-refractivity contribution in [3.8, 4) is 0 Å². The zero-order valence-corrected chi connectivity index (χ0v) is 9.66. The van der Waals surface area contributed by atoms with E-state index >= 15 is 0 Å². The fourth-order valence-electron chi connectivity index (χ4n) is 2.94. The van der Waals surface area contributed by atoms with E-state index in [1.54, 1.807) is 0 Å². The van der Waals surface area contributed by atoms with Crippen molar-refractivity contribution in [3.63, 3.8) is 0 Å². The van der Waals surface area contributed by atoms with Crippen LogP contribution in [0.1, 0.15) is 39.5 Å². The SMILES string of the molecule is C=C(C1CCCC1)[C@@H]1O[C@H]1[C@H]1OC1(C)C. The maximum absolute atomic E-state index is 5.73. The van der Waals surface area contributed by atoms with Gasteiger partial charge in [0.25, 0.3) is 0 Å². The fraction of sp³-hybridized carbons (Fsp3) is 0.846. The first-order valence-electron chi connectivity index (χ1n) is 6.11. The lowest BCUT2D eigenvalue weighted by atomic mass is 9.93. The van der Waals surface area contributed by atoms with Crippen molar-refractivity contribution in [2.45, 2.75) is 63.4 Å². The molecule has 0 bridgehead atoms. The minimum atomic E-state index is 0.0510. The molecule has 1 aliphatic carbocycles. The van der Waals surface area contributed by atoms with Gasteiger partial charge >= 0.3 is 0 Å². The number of hydrogen-bond acceptors (Lipinski definition) is 2. The van der Waals surface area contributed by atoms with Crippen LogP contribution in [0.4, 0.5) is 0 Å². The Morgan fingerprint density at radius 2 is 1.87 bits per heavy atom. The molecule has 0 aromatic heterocycles. The largest absolute Gasteiger partial charge is 0.364 e. The number of epoxide rings is 2. The van der Waals surface area contributed by atoms with Crippen molar-refractivity contribution in [1.82, 2.24) is 0 Å². The van der Waals surface area contributed by atoms with Gasteiger partial charge in [0.15, 0.2) is 0 Å². The van der Waals surface area contributed by atoms with E-state index in [-0.39, 0.29) is 5.60 Å². The zero-order valence-electron chi connectivity index (χ0n) is 9.66. The van der Waals surface area contributed by atoms with Gasteiger partial charge in [-0.1, -0.05) is 19.4 Å². The first kappa shape index (κ1) is 9.86. The average molecular weight is 208 g/mol. The lowest BCUT2D eigenvalue weighted by Gasteiger charge is -2.09. The Morgan fingerprint density at radius 1 is 1.27 bits per heavy atom. The zero-order chi connectivity index (χ0) is 10.6. The normalized spacial score (nSPS) is 42.9. The Balaban J connectivity index is 1.56. The molecule has 84 valence electrons. The van der Waals surface area contributed by atoms with Crippen molar-refractivity contribution in [1.29, 1.82) is 0 Å². The molecule has 0 aromatic rings. The van der Waals surface area contributed by atoms with Gasteiger partial charge in [0.1, 0.15) is 18.3 Å². The molecular formula is C13H20O2. The summed E-state index contributed by atoms with van der Waals surface area (Å²) in [5.74, 6) is 0.724. The molecule has 0 N–H and O–H groups in total. The third kappa shape index (κ3) is 1.64. The Kier molecular flexibility index (Phi) is 2.02. The number of hydrogen-bond donors (Lipinski definition) is 0. The molecule has 2 aliphatic heterocycles. The van der Waals surface area contributed by atoms with E-state index < -0.39 is 0 Å². The van der Waals surface area contributed by atoms with Gasteiger partial charge in [-0.25, -0.2) is 0 Å². The Hall–Kier alpha value is -0.340. The second kappa shape index (κ2) is 3.08. The summed E-state index contributed by atoms with van der Waals surface area (Å²) in [6, 6.07) is 0. The van der Waals surface area contributed by atoms with Gasteiger partial charge in [0.05, 0.1) is 5.60 Å². The Morgan fingerprint density at radius 3 is 2.40 bits per heavy atom. The number of ether oxygens (including phenoxy) is 2. The smallest absolute Gasteiger partial charge is 0.117 e. The molecule has 0 aromatic carbocycles. The molecule has 2 heteroatoms. The van der Waals surface area contributed by atoms with Gasteiger partial charge < -0.3 is 9.47 Å². The van der Waals surface area contributed by atoms with E-state index in [0.717, 1.165) is 5.92 Å². The van der Waals surface area contributed by atoms with Crippen LogP contribution in [0.2, 0.25) is 0 Å². The number of rotatable bonds is 3. The first-order valence-corrected chi connectivity index (χ1v) is 6.11. The van der Waals surface area contributed by atoms with Crippen LogP contribution in [0, 0.1) is 5.92 Å². The van der Waals surface area contributed by atoms with Crippen LogP contribution >= 0.6 is 0 Å². The van der Waals surface area contributed by atoms with Crippen LogP contribution in [0.5, 0.6) is 0 Å². The van der Waals surface area contributed by atoms with Crippen LogP contribution in [-0.2, 0) is 9.47 Å². The molecule has 3 fully saturated rings. The predicted octanol–water partition coefficient (Wildman–Crippen LogP) is 2.68. The van der Waals surface area contributed by atoms with Gasteiger partial charge in [0.2, 0.25) is 0 Å². The molecule has 3 atom stereocenters. The van der Waals surface area contributed by atoms with E-state index in [4.69, 9.17) is 9.47 Å². The summed E-state index contributed by atoms with van der Waals surface area (Å²) >= 11 is 0. The molecule has 0 amide bonds. The van der Waals surface area contributed by atoms with E-state index in [9.17, 15) is 0 Å². The fourth-order valence-corrected chi connectivity index (χ4v) is 2.94. The Labute approximate surface area is 91.6 Å². The highest BCUT2D eigenvalue weighted by Crippen LogP contribution is 2.50. The van der Waals surface area contributed by atoms with Crippen molar-refractivity contribution in [3.05, 3.63) is 12.2 Å². The summed E-state index contributed by atoms with van der Waals surface area (Å²) in [5, 5.41) is 0. The van der Waals surface area contributed by atoms with Gasteiger partial charge in [-0.2, -0.15) is 0 Å². The highest BCUT2D eigenvalue weighted by atomic mass is 16.7. The summed E-state index contributed by atoms with van der Waals surface area (Å²) in [6.07, 6.45) is 6.31. The van der Waals surface area contributed by atoms with Crippen LogP contribution < -0.4 is 0 Å². The monoisotopic (exact) mass is 208 g/mol. The van der Waals surface area contributed by atoms with Crippen molar-refractivity contribution in [2.24, 2.45) is 5.92 Å². The van der Waals surface area contributed by atoms with E-state index in [2.05, 4.69) is 20.4 Å². The quantitative estimate of drug-likeness (QED) is 0.526. The Bertz CT molecular complexity index is 289. The minimum absolute atomic E-state index is 0.0510. The summed E-state index contributed by atoms with van der Waals surface area (Å²) in [4.78, 5) is 0. The summed E-state index contributed by atoms with van der Waals surface area (Å²) < 4.78 is 11.3. The predicted molar refractivity (Wildman–Crippen MR) is 58.7 cm³/mol. The lowest BCUT2D eigenvalue weighted by Crippen LogP contribution is -2.14. The molecule has 3 aliphatic rings. The molecule has 2 nitrogen and oxygen atoms in total. The maximum Gasteiger partial charge on any atom is 0.117 e. The standard InChI is InChI=1S/C13H20O2/c1-8(9-6-4-5-7-9)10-11(14-10)12-13(2,3)15-12/h9-12H,1,4-7H2,2-3H3/t10-,11+,12+/m0/s1. The molecule has 0 unspecified atom stereocenters. The lowest BCUT2D eigenvalue weighted by molar-refractivity contribution is 0.293. The second-order valence-corrected chi connectivity index (χ2v) is 5.72. The second-order valence-electron chi connectivity index (χ2n) is 5.72. The topological polar surface area (TPSA) is 25.1 Å². The highest BCUT2D eigenvalue weighted by molar-refractivity contribution is 5.22.